The summed E-state index contributed by atoms with van der Waals surface area (Å²) in [5.41, 5.74) is 0.672. The summed E-state index contributed by atoms with van der Waals surface area (Å²) < 4.78 is 1.95. The molecule has 0 unspecified atom stereocenters. The highest BCUT2D eigenvalue weighted by atomic mass is 16.1. The van der Waals surface area contributed by atoms with Crippen molar-refractivity contribution >= 4 is 6.29 Å². The summed E-state index contributed by atoms with van der Waals surface area (Å²) in [6.45, 7) is 6.72. The Morgan fingerprint density at radius 3 is 2.62 bits per heavy atom. The van der Waals surface area contributed by atoms with Gasteiger partial charge in [-0.1, -0.05) is 0 Å². The van der Waals surface area contributed by atoms with Crippen molar-refractivity contribution in [3.05, 3.63) is 18.0 Å². The number of aldehydes is 1. The van der Waals surface area contributed by atoms with E-state index in [1.807, 2.05) is 10.9 Å². The lowest BCUT2D eigenvalue weighted by Gasteiger charge is -2.34. The Kier molecular flexibility index (Phi) is 3.39. The van der Waals surface area contributed by atoms with E-state index in [1.165, 1.54) is 0 Å². The Morgan fingerprint density at radius 2 is 2.12 bits per heavy atom. The van der Waals surface area contributed by atoms with E-state index >= 15 is 0 Å². The molecule has 4 heteroatoms. The van der Waals surface area contributed by atoms with Crippen LogP contribution in [0.2, 0.25) is 0 Å². The summed E-state index contributed by atoms with van der Waals surface area (Å²) in [4.78, 5) is 13.1. The molecule has 0 radical (unpaired) electrons. The first kappa shape index (κ1) is 11.3. The summed E-state index contributed by atoms with van der Waals surface area (Å²) >= 11 is 0. The molecule has 4 nitrogen and oxygen atoms in total. The molecular weight excluding hydrogens is 202 g/mol. The maximum atomic E-state index is 10.6. The monoisotopic (exact) mass is 221 g/mol. The minimum absolute atomic E-state index is 0.462. The third-order valence-corrected chi connectivity index (χ3v) is 3.36. The molecule has 88 valence electrons. The van der Waals surface area contributed by atoms with Gasteiger partial charge in [0.05, 0.1) is 17.8 Å². The molecule has 1 aromatic rings. The van der Waals surface area contributed by atoms with E-state index in [2.05, 4.69) is 23.8 Å². The van der Waals surface area contributed by atoms with Gasteiger partial charge in [-0.2, -0.15) is 5.10 Å². The fourth-order valence-corrected chi connectivity index (χ4v) is 2.28. The number of rotatable bonds is 3. The highest BCUT2D eigenvalue weighted by Crippen LogP contribution is 2.22. The Morgan fingerprint density at radius 1 is 1.44 bits per heavy atom. The molecule has 16 heavy (non-hydrogen) atoms. The van der Waals surface area contributed by atoms with Crippen LogP contribution in [-0.4, -0.2) is 40.1 Å². The van der Waals surface area contributed by atoms with Crippen molar-refractivity contribution in [2.75, 3.05) is 13.1 Å². The zero-order valence-corrected chi connectivity index (χ0v) is 9.97. The topological polar surface area (TPSA) is 38.1 Å². The largest absolute Gasteiger partial charge is 0.301 e. The van der Waals surface area contributed by atoms with Crippen LogP contribution >= 0.6 is 0 Å². The molecule has 0 bridgehead atoms. The van der Waals surface area contributed by atoms with Crippen LogP contribution in [0.15, 0.2) is 12.4 Å². The van der Waals surface area contributed by atoms with Crippen molar-refractivity contribution in [1.29, 1.82) is 0 Å². The zero-order valence-electron chi connectivity index (χ0n) is 9.97. The van der Waals surface area contributed by atoms with Crippen LogP contribution in [0.1, 0.15) is 43.1 Å². The highest BCUT2D eigenvalue weighted by molar-refractivity contribution is 5.73. The predicted molar refractivity (Wildman–Crippen MR) is 62.6 cm³/mol. The van der Waals surface area contributed by atoms with E-state index < -0.39 is 0 Å². The summed E-state index contributed by atoms with van der Waals surface area (Å²) in [7, 11) is 0. The molecule has 0 saturated carbocycles. The van der Waals surface area contributed by atoms with Gasteiger partial charge in [0, 0.05) is 25.3 Å². The first-order chi connectivity index (χ1) is 7.70. The molecule has 0 atom stereocenters. The van der Waals surface area contributed by atoms with Gasteiger partial charge in [-0.25, -0.2) is 0 Å². The Bertz CT molecular complexity index is 351. The van der Waals surface area contributed by atoms with Crippen molar-refractivity contribution in [1.82, 2.24) is 14.7 Å². The third kappa shape index (κ3) is 2.32. The van der Waals surface area contributed by atoms with Crippen molar-refractivity contribution in [3.63, 3.8) is 0 Å². The average molecular weight is 221 g/mol. The van der Waals surface area contributed by atoms with Gasteiger partial charge in [-0.05, 0) is 26.7 Å². The first-order valence-electron chi connectivity index (χ1n) is 5.94. The van der Waals surface area contributed by atoms with Gasteiger partial charge in [0.15, 0.2) is 6.29 Å². The zero-order chi connectivity index (χ0) is 11.5. The number of hydrogen-bond acceptors (Lipinski definition) is 3. The molecule has 1 aliphatic rings. The second-order valence-electron chi connectivity index (χ2n) is 4.73. The van der Waals surface area contributed by atoms with E-state index in [0.29, 0.717) is 17.6 Å². The van der Waals surface area contributed by atoms with Crippen LogP contribution in [0, 0.1) is 0 Å². The molecule has 0 N–H and O–H groups in total. The highest BCUT2D eigenvalue weighted by Gasteiger charge is 2.22. The van der Waals surface area contributed by atoms with E-state index in [1.54, 1.807) is 6.20 Å². The minimum Gasteiger partial charge on any atom is -0.301 e. The maximum Gasteiger partial charge on any atom is 0.153 e. The summed E-state index contributed by atoms with van der Waals surface area (Å²) in [5.74, 6) is 0. The van der Waals surface area contributed by atoms with Crippen LogP contribution in [0.4, 0.5) is 0 Å². The molecule has 0 aromatic carbocycles. The van der Waals surface area contributed by atoms with E-state index in [0.717, 1.165) is 32.2 Å². The van der Waals surface area contributed by atoms with Gasteiger partial charge in [0.1, 0.15) is 0 Å². The first-order valence-corrected chi connectivity index (χ1v) is 5.94. The molecule has 0 amide bonds. The SMILES string of the molecule is CC(C)N1CCC(n2cc(C=O)cn2)CC1. The van der Waals surface area contributed by atoms with Gasteiger partial charge in [-0.15, -0.1) is 0 Å². The van der Waals surface area contributed by atoms with Crippen LogP contribution in [0.5, 0.6) is 0 Å². The van der Waals surface area contributed by atoms with E-state index in [-0.39, 0.29) is 0 Å². The Labute approximate surface area is 96.2 Å². The van der Waals surface area contributed by atoms with Crippen molar-refractivity contribution in [2.45, 2.75) is 38.8 Å². The normalized spacial score (nSPS) is 19.2. The van der Waals surface area contributed by atoms with Gasteiger partial charge in [0.2, 0.25) is 0 Å². The Hall–Kier alpha value is -1.16. The fraction of sp³-hybridized carbons (Fsp3) is 0.667. The molecule has 1 saturated heterocycles. The molecule has 2 heterocycles. The lowest BCUT2D eigenvalue weighted by molar-refractivity contribution is 0.112. The van der Waals surface area contributed by atoms with E-state index in [4.69, 9.17) is 0 Å². The number of hydrogen-bond donors (Lipinski definition) is 0. The molecule has 0 aliphatic carbocycles. The Balaban J connectivity index is 1.96. The van der Waals surface area contributed by atoms with Crippen LogP contribution in [0.25, 0.3) is 0 Å². The summed E-state index contributed by atoms with van der Waals surface area (Å²) in [6.07, 6.45) is 6.59. The van der Waals surface area contributed by atoms with E-state index in [9.17, 15) is 4.79 Å². The molecule has 2 rings (SSSR count). The average Bonchev–Trinajstić information content (AvgIpc) is 2.77. The minimum atomic E-state index is 0.462. The molecule has 0 spiro atoms. The van der Waals surface area contributed by atoms with Crippen molar-refractivity contribution in [3.8, 4) is 0 Å². The second-order valence-corrected chi connectivity index (χ2v) is 4.73. The molecule has 1 aromatic heterocycles. The number of carbonyl (C=O) groups is 1. The van der Waals surface area contributed by atoms with Gasteiger partial charge in [0.25, 0.3) is 0 Å². The second kappa shape index (κ2) is 4.78. The predicted octanol–water partition coefficient (Wildman–Crippen LogP) is 1.74. The third-order valence-electron chi connectivity index (χ3n) is 3.36. The number of carbonyl (C=O) groups excluding carboxylic acids is 1. The lowest BCUT2D eigenvalue weighted by atomic mass is 10.0. The summed E-state index contributed by atoms with van der Waals surface area (Å²) in [6, 6.07) is 1.09. The van der Waals surface area contributed by atoms with Crippen molar-refractivity contribution in [2.24, 2.45) is 0 Å². The number of nitrogens with zero attached hydrogens (tertiary/aromatic N) is 3. The van der Waals surface area contributed by atoms with Crippen LogP contribution in [-0.2, 0) is 0 Å². The molecular formula is C12H19N3O. The number of piperidine rings is 1. The van der Waals surface area contributed by atoms with Crippen LogP contribution in [0.3, 0.4) is 0 Å². The van der Waals surface area contributed by atoms with Gasteiger partial charge >= 0.3 is 0 Å². The number of aromatic nitrogens is 2. The van der Waals surface area contributed by atoms with Crippen LogP contribution < -0.4 is 0 Å². The molecule has 1 fully saturated rings. The quantitative estimate of drug-likeness (QED) is 0.730. The maximum absolute atomic E-state index is 10.6. The molecule has 1 aliphatic heterocycles. The fourth-order valence-electron chi connectivity index (χ4n) is 2.28. The standard InChI is InChI=1S/C12H19N3O/c1-10(2)14-5-3-12(4-6-14)15-8-11(9-16)7-13-15/h7-10,12H,3-6H2,1-2H3. The number of likely N-dealkylation sites (tertiary alicyclic amines) is 1. The van der Waals surface area contributed by atoms with Crippen molar-refractivity contribution < 1.29 is 4.79 Å². The lowest BCUT2D eigenvalue weighted by Crippen LogP contribution is -2.39. The van der Waals surface area contributed by atoms with Gasteiger partial charge < -0.3 is 4.90 Å². The smallest absolute Gasteiger partial charge is 0.153 e. The summed E-state index contributed by atoms with van der Waals surface area (Å²) in [5, 5.41) is 4.25. The van der Waals surface area contributed by atoms with Gasteiger partial charge in [-0.3, -0.25) is 9.48 Å².